The van der Waals surface area contributed by atoms with Crippen LogP contribution in [0.2, 0.25) is 0 Å². The molecule has 1 aliphatic heterocycles. The number of anilines is 1. The molecule has 1 heterocycles. The lowest BCUT2D eigenvalue weighted by Gasteiger charge is -2.18. The third-order valence-electron chi connectivity index (χ3n) is 2.91. The van der Waals surface area contributed by atoms with Crippen molar-refractivity contribution < 1.29 is 0 Å². The van der Waals surface area contributed by atoms with Crippen LogP contribution < -0.4 is 4.90 Å². The number of likely N-dealkylation sites (N-methyl/N-ethyl adjacent to an activating group) is 1. The van der Waals surface area contributed by atoms with Crippen LogP contribution in [-0.2, 0) is 5.41 Å². The van der Waals surface area contributed by atoms with Gasteiger partial charge in [-0.1, -0.05) is 31.1 Å². The maximum atomic E-state index is 8.38. The molecule has 0 fully saturated rings. The minimum Gasteiger partial charge on any atom is -0.373 e. The number of azide groups is 1. The van der Waals surface area contributed by atoms with Gasteiger partial charge in [-0.2, -0.15) is 0 Å². The van der Waals surface area contributed by atoms with Gasteiger partial charge in [0, 0.05) is 35.3 Å². The second kappa shape index (κ2) is 3.17. The van der Waals surface area contributed by atoms with Gasteiger partial charge in [-0.05, 0) is 17.2 Å². The SMILES string of the molecule is CN1CC(C)(C)c2ccc(N=[N+]=[N-])cc21. The average Bonchev–Trinajstić information content (AvgIpc) is 2.38. The zero-order chi connectivity index (χ0) is 11.1. The molecule has 0 radical (unpaired) electrons. The highest BCUT2D eigenvalue weighted by Gasteiger charge is 2.32. The van der Waals surface area contributed by atoms with Gasteiger partial charge in [0.15, 0.2) is 0 Å². The summed E-state index contributed by atoms with van der Waals surface area (Å²) >= 11 is 0. The lowest BCUT2D eigenvalue weighted by atomic mass is 9.87. The van der Waals surface area contributed by atoms with E-state index in [1.807, 2.05) is 12.1 Å². The summed E-state index contributed by atoms with van der Waals surface area (Å²) in [5.41, 5.74) is 11.7. The van der Waals surface area contributed by atoms with Gasteiger partial charge in [0.05, 0.1) is 0 Å². The first-order valence-electron chi connectivity index (χ1n) is 4.95. The molecule has 0 unspecified atom stereocenters. The zero-order valence-electron chi connectivity index (χ0n) is 9.23. The molecule has 0 saturated carbocycles. The Morgan fingerprint density at radius 3 is 2.87 bits per heavy atom. The minimum atomic E-state index is 0.180. The van der Waals surface area contributed by atoms with Gasteiger partial charge in [-0.3, -0.25) is 0 Å². The van der Waals surface area contributed by atoms with Crippen molar-refractivity contribution in [2.45, 2.75) is 19.3 Å². The van der Waals surface area contributed by atoms with E-state index in [0.717, 1.165) is 6.54 Å². The highest BCUT2D eigenvalue weighted by molar-refractivity contribution is 5.66. The normalized spacial score (nSPS) is 17.1. The van der Waals surface area contributed by atoms with Gasteiger partial charge in [0.2, 0.25) is 0 Å². The quantitative estimate of drug-likeness (QED) is 0.391. The molecular weight excluding hydrogens is 188 g/mol. The van der Waals surface area contributed by atoms with Gasteiger partial charge in [0.25, 0.3) is 0 Å². The Bertz CT molecular complexity index is 444. The van der Waals surface area contributed by atoms with Crippen LogP contribution in [0.15, 0.2) is 23.3 Å². The third-order valence-corrected chi connectivity index (χ3v) is 2.91. The van der Waals surface area contributed by atoms with E-state index in [0.29, 0.717) is 5.69 Å². The van der Waals surface area contributed by atoms with Crippen LogP contribution >= 0.6 is 0 Å². The van der Waals surface area contributed by atoms with E-state index in [1.165, 1.54) is 11.3 Å². The molecule has 1 aliphatic rings. The van der Waals surface area contributed by atoms with Crippen molar-refractivity contribution >= 4 is 11.4 Å². The fraction of sp³-hybridized carbons (Fsp3) is 0.455. The topological polar surface area (TPSA) is 52.0 Å². The number of rotatable bonds is 1. The molecule has 0 bridgehead atoms. The molecule has 15 heavy (non-hydrogen) atoms. The number of benzene rings is 1. The average molecular weight is 202 g/mol. The van der Waals surface area contributed by atoms with Crippen LogP contribution in [0.5, 0.6) is 0 Å². The Labute approximate surface area is 89.1 Å². The molecule has 0 spiro atoms. The molecule has 0 atom stereocenters. The van der Waals surface area contributed by atoms with Crippen molar-refractivity contribution in [3.63, 3.8) is 0 Å². The third kappa shape index (κ3) is 1.53. The monoisotopic (exact) mass is 202 g/mol. The van der Waals surface area contributed by atoms with E-state index < -0.39 is 0 Å². The summed E-state index contributed by atoms with van der Waals surface area (Å²) in [4.78, 5) is 5.00. The van der Waals surface area contributed by atoms with E-state index >= 15 is 0 Å². The lowest BCUT2D eigenvalue weighted by molar-refractivity contribution is 0.563. The second-order valence-electron chi connectivity index (χ2n) is 4.63. The van der Waals surface area contributed by atoms with E-state index in [2.05, 4.69) is 41.9 Å². The summed E-state index contributed by atoms with van der Waals surface area (Å²) in [5.74, 6) is 0. The Morgan fingerprint density at radius 1 is 1.47 bits per heavy atom. The van der Waals surface area contributed by atoms with Crippen molar-refractivity contribution in [2.75, 3.05) is 18.5 Å². The number of fused-ring (bicyclic) bond motifs is 1. The fourth-order valence-electron chi connectivity index (χ4n) is 2.29. The molecule has 0 saturated heterocycles. The smallest absolute Gasteiger partial charge is 0.0407 e. The Hall–Kier alpha value is -1.67. The van der Waals surface area contributed by atoms with Gasteiger partial charge in [0.1, 0.15) is 0 Å². The molecular formula is C11H14N4. The molecule has 2 rings (SSSR count). The molecule has 1 aromatic carbocycles. The van der Waals surface area contributed by atoms with E-state index in [9.17, 15) is 0 Å². The second-order valence-corrected chi connectivity index (χ2v) is 4.63. The van der Waals surface area contributed by atoms with Crippen LogP contribution in [0.1, 0.15) is 19.4 Å². The Balaban J connectivity index is 2.55. The standard InChI is InChI=1S/C11H14N4/c1-11(2)7-15(3)10-6-8(13-14-12)4-5-9(10)11/h4-6H,7H2,1-3H3. The highest BCUT2D eigenvalue weighted by atomic mass is 15.2. The minimum absolute atomic E-state index is 0.180. The zero-order valence-corrected chi connectivity index (χ0v) is 9.23. The Morgan fingerprint density at radius 2 is 2.20 bits per heavy atom. The number of hydrogen-bond donors (Lipinski definition) is 0. The van der Waals surface area contributed by atoms with E-state index in [1.54, 1.807) is 0 Å². The maximum Gasteiger partial charge on any atom is 0.0407 e. The summed E-state index contributed by atoms with van der Waals surface area (Å²) in [6.07, 6.45) is 0. The van der Waals surface area contributed by atoms with Crippen LogP contribution in [-0.4, -0.2) is 13.6 Å². The van der Waals surface area contributed by atoms with Crippen molar-refractivity contribution in [3.05, 3.63) is 34.2 Å². The molecule has 0 N–H and O–H groups in total. The molecule has 0 aromatic heterocycles. The van der Waals surface area contributed by atoms with Gasteiger partial charge >= 0.3 is 0 Å². The van der Waals surface area contributed by atoms with Gasteiger partial charge < -0.3 is 4.90 Å². The summed E-state index contributed by atoms with van der Waals surface area (Å²) in [6.45, 7) is 5.45. The number of hydrogen-bond acceptors (Lipinski definition) is 2. The fourth-order valence-corrected chi connectivity index (χ4v) is 2.29. The maximum absolute atomic E-state index is 8.38. The molecule has 0 aliphatic carbocycles. The summed E-state index contributed by atoms with van der Waals surface area (Å²) < 4.78 is 0. The van der Waals surface area contributed by atoms with Crippen molar-refractivity contribution in [1.82, 2.24) is 0 Å². The molecule has 78 valence electrons. The molecule has 0 amide bonds. The molecule has 1 aromatic rings. The van der Waals surface area contributed by atoms with Gasteiger partial charge in [-0.25, -0.2) is 0 Å². The number of nitrogens with zero attached hydrogens (tertiary/aromatic N) is 4. The highest BCUT2D eigenvalue weighted by Crippen LogP contribution is 2.41. The predicted octanol–water partition coefficient (Wildman–Crippen LogP) is 3.36. The first kappa shape index (κ1) is 9.87. The van der Waals surface area contributed by atoms with E-state index in [4.69, 9.17) is 5.53 Å². The van der Waals surface area contributed by atoms with Crippen molar-refractivity contribution in [1.29, 1.82) is 0 Å². The van der Waals surface area contributed by atoms with Gasteiger partial charge in [-0.15, -0.1) is 0 Å². The molecule has 4 nitrogen and oxygen atoms in total. The van der Waals surface area contributed by atoms with Crippen molar-refractivity contribution in [3.8, 4) is 0 Å². The van der Waals surface area contributed by atoms with Crippen LogP contribution in [0.25, 0.3) is 10.4 Å². The van der Waals surface area contributed by atoms with Crippen LogP contribution in [0.4, 0.5) is 11.4 Å². The van der Waals surface area contributed by atoms with Crippen molar-refractivity contribution in [2.24, 2.45) is 5.11 Å². The summed E-state index contributed by atoms with van der Waals surface area (Å²) in [6, 6.07) is 5.88. The van der Waals surface area contributed by atoms with Crippen LogP contribution in [0, 0.1) is 0 Å². The predicted molar refractivity (Wildman–Crippen MR) is 61.5 cm³/mol. The molecule has 4 heteroatoms. The first-order chi connectivity index (χ1) is 7.04. The summed E-state index contributed by atoms with van der Waals surface area (Å²) in [5, 5.41) is 3.62. The lowest BCUT2D eigenvalue weighted by Crippen LogP contribution is -2.24. The Kier molecular flexibility index (Phi) is 2.09. The first-order valence-corrected chi connectivity index (χ1v) is 4.95. The largest absolute Gasteiger partial charge is 0.373 e. The van der Waals surface area contributed by atoms with E-state index in [-0.39, 0.29) is 5.41 Å². The van der Waals surface area contributed by atoms with Crippen LogP contribution in [0.3, 0.4) is 0 Å². The summed E-state index contributed by atoms with van der Waals surface area (Å²) in [7, 11) is 2.06.